The number of amides is 1. The molecule has 1 amide bonds. The molecule has 224 valence electrons. The lowest BCUT2D eigenvalue weighted by atomic mass is 9.99. The highest BCUT2D eigenvalue weighted by Crippen LogP contribution is 2.40. The van der Waals surface area contributed by atoms with Gasteiger partial charge in [0.15, 0.2) is 5.12 Å². The predicted octanol–water partition coefficient (Wildman–Crippen LogP) is 8.76. The summed E-state index contributed by atoms with van der Waals surface area (Å²) in [6, 6.07) is 25.2. The Hall–Kier alpha value is -3.13. The molecule has 1 fully saturated rings. The molecule has 7 heteroatoms. The van der Waals surface area contributed by atoms with E-state index < -0.39 is 0 Å². The fraction of sp³-hybridized carbons (Fsp3) is 0.371. The van der Waals surface area contributed by atoms with Crippen molar-refractivity contribution in [1.29, 1.82) is 0 Å². The molecule has 5 rings (SSSR count). The molecule has 1 N–H and O–H groups in total. The van der Waals surface area contributed by atoms with Crippen molar-refractivity contribution in [2.24, 2.45) is 5.92 Å². The Morgan fingerprint density at radius 2 is 1.69 bits per heavy atom. The molecule has 42 heavy (non-hydrogen) atoms. The normalized spacial score (nSPS) is 13.8. The van der Waals surface area contributed by atoms with Gasteiger partial charge in [-0.05, 0) is 84.8 Å². The van der Waals surface area contributed by atoms with Gasteiger partial charge in [-0.15, -0.1) is 11.3 Å². The van der Waals surface area contributed by atoms with E-state index in [0.717, 1.165) is 36.6 Å². The maximum Gasteiger partial charge on any atom is 0.228 e. The van der Waals surface area contributed by atoms with E-state index in [9.17, 15) is 9.59 Å². The van der Waals surface area contributed by atoms with Crippen LogP contribution in [0, 0.1) is 5.92 Å². The van der Waals surface area contributed by atoms with Crippen LogP contribution in [0.5, 0.6) is 5.75 Å². The number of rotatable bonds is 11. The minimum Gasteiger partial charge on any atom is -0.492 e. The summed E-state index contributed by atoms with van der Waals surface area (Å²) in [5, 5.41) is 4.29. The number of ether oxygens (including phenoxy) is 1. The molecule has 1 unspecified atom stereocenters. The summed E-state index contributed by atoms with van der Waals surface area (Å²) in [4.78, 5) is 27.5. The van der Waals surface area contributed by atoms with Gasteiger partial charge in [-0.3, -0.25) is 14.5 Å². The molecule has 0 radical (unpaired) electrons. The van der Waals surface area contributed by atoms with E-state index >= 15 is 0 Å². The summed E-state index contributed by atoms with van der Waals surface area (Å²) < 4.78 is 7.28. The molecule has 0 aliphatic carbocycles. The summed E-state index contributed by atoms with van der Waals surface area (Å²) in [6.45, 7) is 11.5. The first-order valence-electron chi connectivity index (χ1n) is 15.0. The van der Waals surface area contributed by atoms with Crippen molar-refractivity contribution in [3.8, 4) is 16.2 Å². The SMILES string of the molecule is CC.CC(=O)SCC(C)C(=O)Nc1ccc(-c2sc3ccccc3c2Cc2ccc(OCCN3CCCC3)cc2)cc1.[HH]. The average molecular weight is 605 g/mol. The highest BCUT2D eigenvalue weighted by molar-refractivity contribution is 8.13. The third-order valence-electron chi connectivity index (χ3n) is 7.28. The van der Waals surface area contributed by atoms with E-state index in [1.54, 1.807) is 11.3 Å². The van der Waals surface area contributed by atoms with Gasteiger partial charge in [0.25, 0.3) is 0 Å². The van der Waals surface area contributed by atoms with Crippen molar-refractivity contribution in [2.45, 2.75) is 47.0 Å². The lowest BCUT2D eigenvalue weighted by Gasteiger charge is -2.15. The van der Waals surface area contributed by atoms with Gasteiger partial charge in [0.2, 0.25) is 5.91 Å². The van der Waals surface area contributed by atoms with Crippen LogP contribution >= 0.6 is 23.1 Å². The topological polar surface area (TPSA) is 58.6 Å². The van der Waals surface area contributed by atoms with Gasteiger partial charge in [-0.25, -0.2) is 0 Å². The van der Waals surface area contributed by atoms with Crippen LogP contribution < -0.4 is 10.1 Å². The smallest absolute Gasteiger partial charge is 0.228 e. The second-order valence-corrected chi connectivity index (χ2v) is 12.6. The van der Waals surface area contributed by atoms with Crippen LogP contribution in [0.1, 0.15) is 53.1 Å². The van der Waals surface area contributed by atoms with Crippen LogP contribution in [0.25, 0.3) is 20.5 Å². The maximum absolute atomic E-state index is 12.6. The zero-order valence-corrected chi connectivity index (χ0v) is 26.8. The third kappa shape index (κ3) is 8.69. The Kier molecular flexibility index (Phi) is 12.1. The van der Waals surface area contributed by atoms with Crippen LogP contribution in [-0.4, -0.2) is 47.9 Å². The van der Waals surface area contributed by atoms with Gasteiger partial charge in [-0.2, -0.15) is 0 Å². The van der Waals surface area contributed by atoms with Crippen LogP contribution in [0.3, 0.4) is 0 Å². The molecule has 1 aliphatic heterocycles. The number of anilines is 1. The predicted molar refractivity (Wildman–Crippen MR) is 182 cm³/mol. The number of benzene rings is 3. The number of thiophene rings is 1. The number of carbonyl (C=O) groups excluding carboxylic acids is 2. The standard InChI is InChI=1S/C33H36N2O3S2.C2H6.H2/c1-23(22-39-24(2)36)33(37)34-27-13-11-26(12-14-27)32-30(29-7-3-4-8-31(29)40-32)21-25-9-15-28(16-10-25)38-20-19-35-17-5-6-18-35;1-2;/h3-4,7-16,23H,5-6,17-22H2,1-2H3,(H,34,37);1-2H3;1H. The molecule has 1 aromatic heterocycles. The van der Waals surface area contributed by atoms with Gasteiger partial charge < -0.3 is 10.1 Å². The van der Waals surface area contributed by atoms with Crippen molar-refractivity contribution in [3.05, 3.63) is 83.9 Å². The van der Waals surface area contributed by atoms with Crippen LogP contribution in [0.2, 0.25) is 0 Å². The Bertz CT molecular complexity index is 1450. The summed E-state index contributed by atoms with van der Waals surface area (Å²) in [5.41, 5.74) is 4.46. The number of carbonyl (C=O) groups is 2. The van der Waals surface area contributed by atoms with Crippen molar-refractivity contribution in [2.75, 3.05) is 37.3 Å². The van der Waals surface area contributed by atoms with E-state index in [1.165, 1.54) is 70.7 Å². The van der Waals surface area contributed by atoms with E-state index in [-0.39, 0.29) is 18.4 Å². The number of likely N-dealkylation sites (tertiary alicyclic amines) is 1. The molecular weight excluding hydrogens is 561 g/mol. The highest BCUT2D eigenvalue weighted by Gasteiger charge is 2.17. The average Bonchev–Trinajstić information content (AvgIpc) is 3.66. The Labute approximate surface area is 260 Å². The lowest BCUT2D eigenvalue weighted by molar-refractivity contribution is -0.118. The summed E-state index contributed by atoms with van der Waals surface area (Å²) in [7, 11) is 0. The van der Waals surface area contributed by atoms with E-state index in [4.69, 9.17) is 4.74 Å². The fourth-order valence-electron chi connectivity index (χ4n) is 5.00. The minimum atomic E-state index is -0.246. The van der Waals surface area contributed by atoms with Crippen LogP contribution in [-0.2, 0) is 16.0 Å². The molecule has 4 aromatic rings. The van der Waals surface area contributed by atoms with Gasteiger partial charge >= 0.3 is 0 Å². The number of nitrogens with one attached hydrogen (secondary N) is 1. The Morgan fingerprint density at radius 3 is 2.38 bits per heavy atom. The first-order chi connectivity index (χ1) is 20.5. The Balaban J connectivity index is 0.00000165. The Morgan fingerprint density at radius 1 is 1.00 bits per heavy atom. The third-order valence-corrected chi connectivity index (χ3v) is 9.61. The fourth-order valence-corrected chi connectivity index (χ4v) is 6.87. The molecule has 1 aliphatic rings. The summed E-state index contributed by atoms with van der Waals surface area (Å²) in [5.74, 6) is 1.08. The summed E-state index contributed by atoms with van der Waals surface area (Å²) >= 11 is 2.99. The van der Waals surface area contributed by atoms with Crippen molar-refractivity contribution < 1.29 is 15.8 Å². The second-order valence-electron chi connectivity index (χ2n) is 10.4. The monoisotopic (exact) mass is 604 g/mol. The minimum absolute atomic E-state index is 0. The number of hydrogen-bond donors (Lipinski definition) is 1. The number of fused-ring (bicyclic) bond motifs is 1. The van der Waals surface area contributed by atoms with Gasteiger partial charge in [0.1, 0.15) is 12.4 Å². The molecule has 1 saturated heterocycles. The quantitative estimate of drug-likeness (QED) is 0.185. The van der Waals surface area contributed by atoms with Crippen LogP contribution in [0.4, 0.5) is 5.69 Å². The highest BCUT2D eigenvalue weighted by atomic mass is 32.2. The number of nitrogens with zero attached hydrogens (tertiary/aromatic N) is 1. The molecular formula is C35H44N2O3S2. The van der Waals surface area contributed by atoms with Crippen LogP contribution in [0.15, 0.2) is 72.8 Å². The maximum atomic E-state index is 12.6. The molecule has 0 saturated carbocycles. The molecule has 2 heterocycles. The molecule has 1 atom stereocenters. The van der Waals surface area contributed by atoms with Gasteiger partial charge in [0.05, 0.1) is 0 Å². The zero-order valence-electron chi connectivity index (χ0n) is 25.2. The van der Waals surface area contributed by atoms with Crippen molar-refractivity contribution in [3.63, 3.8) is 0 Å². The molecule has 0 spiro atoms. The number of hydrogen-bond acceptors (Lipinski definition) is 6. The van der Waals surface area contributed by atoms with Gasteiger partial charge in [-0.1, -0.05) is 75.0 Å². The lowest BCUT2D eigenvalue weighted by Crippen LogP contribution is -2.25. The van der Waals surface area contributed by atoms with Crippen molar-refractivity contribution in [1.82, 2.24) is 4.90 Å². The first kappa shape index (κ1) is 31.8. The second kappa shape index (κ2) is 15.9. The molecule has 3 aromatic carbocycles. The number of thioether (sulfide) groups is 1. The van der Waals surface area contributed by atoms with Crippen molar-refractivity contribution >= 4 is 49.9 Å². The summed E-state index contributed by atoms with van der Waals surface area (Å²) in [6.07, 6.45) is 3.43. The van der Waals surface area contributed by atoms with E-state index in [0.29, 0.717) is 5.75 Å². The van der Waals surface area contributed by atoms with Gasteiger partial charge in [0, 0.05) is 41.8 Å². The first-order valence-corrected chi connectivity index (χ1v) is 16.8. The molecule has 5 nitrogen and oxygen atoms in total. The molecule has 0 bridgehead atoms. The largest absolute Gasteiger partial charge is 0.492 e. The zero-order chi connectivity index (χ0) is 29.9. The van der Waals surface area contributed by atoms with E-state index in [2.05, 4.69) is 70.9 Å². The van der Waals surface area contributed by atoms with E-state index in [1.807, 2.05) is 32.9 Å².